The zero-order valence-electron chi connectivity index (χ0n) is 17.7. The molecule has 0 spiro atoms. The minimum absolute atomic E-state index is 0.164. The summed E-state index contributed by atoms with van der Waals surface area (Å²) in [4.78, 5) is 0. The molecule has 142 valence electrons. The highest BCUT2D eigenvalue weighted by Crippen LogP contribution is 2.64. The van der Waals surface area contributed by atoms with E-state index in [0.29, 0.717) is 11.8 Å². The largest absolute Gasteiger partial charge is 0.543 e. The van der Waals surface area contributed by atoms with Crippen molar-refractivity contribution in [1.82, 2.24) is 0 Å². The molecule has 2 rings (SSSR count). The van der Waals surface area contributed by atoms with Crippen LogP contribution in [-0.4, -0.2) is 21.0 Å². The molecule has 1 saturated heterocycles. The van der Waals surface area contributed by atoms with Crippen molar-refractivity contribution in [3.05, 3.63) is 29.8 Å². The number of epoxide rings is 1. The molecule has 0 saturated carbocycles. The first kappa shape index (κ1) is 20.5. The topological polar surface area (TPSA) is 31.0 Å². The van der Waals surface area contributed by atoms with Gasteiger partial charge in [-0.05, 0) is 42.1 Å². The quantitative estimate of drug-likeness (QED) is 0.461. The van der Waals surface area contributed by atoms with Crippen LogP contribution in [0, 0.1) is 11.8 Å². The molecule has 0 aromatic heterocycles. The standard InChI is InChI=1S/C21H36O3Si/c1-15(2)20(16(3)4)21(22-8,24-20)17-12-11-13-18(14-17)23-25(9,10)19(5,6)7/h11-16H,1-10H3. The molecule has 0 bridgehead atoms. The lowest BCUT2D eigenvalue weighted by molar-refractivity contribution is -0.0162. The van der Waals surface area contributed by atoms with E-state index in [4.69, 9.17) is 13.9 Å². The van der Waals surface area contributed by atoms with Gasteiger partial charge in [0.2, 0.25) is 14.1 Å². The van der Waals surface area contributed by atoms with Crippen molar-refractivity contribution in [2.75, 3.05) is 7.11 Å². The maximum Gasteiger partial charge on any atom is 0.250 e. The van der Waals surface area contributed by atoms with Crippen LogP contribution < -0.4 is 4.43 Å². The van der Waals surface area contributed by atoms with E-state index in [1.807, 2.05) is 12.1 Å². The number of benzene rings is 1. The van der Waals surface area contributed by atoms with Gasteiger partial charge in [-0.2, -0.15) is 0 Å². The van der Waals surface area contributed by atoms with Crippen molar-refractivity contribution in [2.24, 2.45) is 11.8 Å². The molecule has 1 unspecified atom stereocenters. The molecule has 1 atom stereocenters. The second-order valence-electron chi connectivity index (χ2n) is 9.42. The molecule has 1 aromatic carbocycles. The Hall–Kier alpha value is -0.843. The summed E-state index contributed by atoms with van der Waals surface area (Å²) in [6.45, 7) is 20.1. The average Bonchev–Trinajstić information content (AvgIpc) is 3.18. The zero-order chi connectivity index (χ0) is 19.3. The van der Waals surface area contributed by atoms with Crippen LogP contribution >= 0.6 is 0 Å². The normalized spacial score (nSPS) is 23.2. The van der Waals surface area contributed by atoms with Gasteiger partial charge in [0, 0.05) is 12.7 Å². The van der Waals surface area contributed by atoms with Crippen LogP contribution in [0.2, 0.25) is 18.1 Å². The van der Waals surface area contributed by atoms with Crippen LogP contribution in [0.25, 0.3) is 0 Å². The second kappa shape index (κ2) is 6.40. The molecule has 0 amide bonds. The Kier molecular flexibility index (Phi) is 5.24. The number of methoxy groups -OCH3 is 1. The highest BCUT2D eigenvalue weighted by molar-refractivity contribution is 6.74. The van der Waals surface area contributed by atoms with Gasteiger partial charge in [0.1, 0.15) is 11.4 Å². The number of ether oxygens (including phenoxy) is 2. The van der Waals surface area contributed by atoms with E-state index < -0.39 is 14.1 Å². The maximum atomic E-state index is 6.49. The van der Waals surface area contributed by atoms with Gasteiger partial charge < -0.3 is 13.9 Å². The van der Waals surface area contributed by atoms with Gasteiger partial charge in [-0.25, -0.2) is 0 Å². The minimum atomic E-state index is -1.88. The number of hydrogen-bond donors (Lipinski definition) is 0. The van der Waals surface area contributed by atoms with E-state index in [0.717, 1.165) is 11.3 Å². The summed E-state index contributed by atoms with van der Waals surface area (Å²) in [6, 6.07) is 8.29. The van der Waals surface area contributed by atoms with Crippen LogP contribution in [0.1, 0.15) is 54.0 Å². The first-order valence-electron chi connectivity index (χ1n) is 9.39. The van der Waals surface area contributed by atoms with Gasteiger partial charge in [-0.1, -0.05) is 60.6 Å². The third kappa shape index (κ3) is 3.17. The van der Waals surface area contributed by atoms with Gasteiger partial charge in [0.15, 0.2) is 0 Å². The second-order valence-corrected chi connectivity index (χ2v) is 14.1. The Bertz CT molecular complexity index is 608. The zero-order valence-corrected chi connectivity index (χ0v) is 18.7. The van der Waals surface area contributed by atoms with Gasteiger partial charge in [0.25, 0.3) is 0 Å². The summed E-state index contributed by atoms with van der Waals surface area (Å²) in [6.07, 6.45) is 0. The number of rotatable bonds is 6. The van der Waals surface area contributed by atoms with Crippen LogP contribution in [0.4, 0.5) is 0 Å². The van der Waals surface area contributed by atoms with Gasteiger partial charge in [-0.15, -0.1) is 0 Å². The fraction of sp³-hybridized carbons (Fsp3) is 0.714. The number of hydrogen-bond acceptors (Lipinski definition) is 3. The van der Waals surface area contributed by atoms with Crippen LogP contribution in [0.5, 0.6) is 5.75 Å². The van der Waals surface area contributed by atoms with E-state index in [-0.39, 0.29) is 10.6 Å². The average molecular weight is 365 g/mol. The summed E-state index contributed by atoms with van der Waals surface area (Å²) in [5.41, 5.74) is 0.755. The van der Waals surface area contributed by atoms with Crippen molar-refractivity contribution < 1.29 is 13.9 Å². The minimum Gasteiger partial charge on any atom is -0.543 e. The molecule has 25 heavy (non-hydrogen) atoms. The lowest BCUT2D eigenvalue weighted by Crippen LogP contribution is -2.44. The SMILES string of the molecule is COC1(c2cccc(O[Si](C)(C)C(C)(C)C)c2)OC1(C(C)C)C(C)C. The highest BCUT2D eigenvalue weighted by Gasteiger charge is 2.74. The molecule has 1 heterocycles. The third-order valence-corrected chi connectivity index (χ3v) is 10.5. The maximum absolute atomic E-state index is 6.49. The van der Waals surface area contributed by atoms with E-state index in [1.165, 1.54) is 0 Å². The summed E-state index contributed by atoms with van der Waals surface area (Å²) in [5, 5.41) is 0.164. The summed E-state index contributed by atoms with van der Waals surface area (Å²) >= 11 is 0. The Morgan fingerprint density at radius 3 is 2.00 bits per heavy atom. The molecular formula is C21H36O3Si. The molecule has 4 heteroatoms. The molecule has 0 radical (unpaired) electrons. The Morgan fingerprint density at radius 2 is 1.60 bits per heavy atom. The van der Waals surface area contributed by atoms with Crippen LogP contribution in [0.3, 0.4) is 0 Å². The van der Waals surface area contributed by atoms with Crippen molar-refractivity contribution in [3.63, 3.8) is 0 Å². The Labute approximate surface area is 155 Å². The van der Waals surface area contributed by atoms with E-state index in [2.05, 4.69) is 73.7 Å². The van der Waals surface area contributed by atoms with Gasteiger partial charge in [-0.3, -0.25) is 0 Å². The summed E-state index contributed by atoms with van der Waals surface area (Å²) in [7, 11) is -0.135. The fourth-order valence-corrected chi connectivity index (χ4v) is 4.71. The Morgan fingerprint density at radius 1 is 1.04 bits per heavy atom. The van der Waals surface area contributed by atoms with Crippen molar-refractivity contribution in [3.8, 4) is 5.75 Å². The summed E-state index contributed by atoms with van der Waals surface area (Å²) < 4.78 is 18.8. The van der Waals surface area contributed by atoms with E-state index in [9.17, 15) is 0 Å². The van der Waals surface area contributed by atoms with Crippen molar-refractivity contribution in [2.45, 2.75) is 78.0 Å². The molecular weight excluding hydrogens is 328 g/mol. The smallest absolute Gasteiger partial charge is 0.250 e. The lowest BCUT2D eigenvalue weighted by atomic mass is 9.78. The predicted octanol–water partition coefficient (Wildman–Crippen LogP) is 5.95. The lowest BCUT2D eigenvalue weighted by Gasteiger charge is -2.36. The van der Waals surface area contributed by atoms with Crippen LogP contribution in [-0.2, 0) is 15.3 Å². The highest BCUT2D eigenvalue weighted by atomic mass is 28.4. The summed E-state index contributed by atoms with van der Waals surface area (Å²) in [5.74, 6) is 0.953. The molecule has 1 aliphatic heterocycles. The van der Waals surface area contributed by atoms with Crippen LogP contribution in [0.15, 0.2) is 24.3 Å². The van der Waals surface area contributed by atoms with E-state index >= 15 is 0 Å². The molecule has 3 nitrogen and oxygen atoms in total. The van der Waals surface area contributed by atoms with Crippen molar-refractivity contribution >= 4 is 8.32 Å². The van der Waals surface area contributed by atoms with Gasteiger partial charge in [0.05, 0.1) is 0 Å². The van der Waals surface area contributed by atoms with E-state index in [1.54, 1.807) is 7.11 Å². The third-order valence-electron chi connectivity index (χ3n) is 6.18. The molecule has 1 fully saturated rings. The molecule has 1 aromatic rings. The monoisotopic (exact) mass is 364 g/mol. The van der Waals surface area contributed by atoms with Gasteiger partial charge >= 0.3 is 0 Å². The first-order chi connectivity index (χ1) is 11.3. The Balaban J connectivity index is 2.39. The van der Waals surface area contributed by atoms with Crippen molar-refractivity contribution in [1.29, 1.82) is 0 Å². The predicted molar refractivity (Wildman–Crippen MR) is 106 cm³/mol. The molecule has 1 aliphatic rings. The first-order valence-corrected chi connectivity index (χ1v) is 12.3. The fourth-order valence-electron chi connectivity index (χ4n) is 3.69. The molecule has 0 N–H and O–H groups in total. The molecule has 0 aliphatic carbocycles.